The molecule has 7 nitrogen and oxygen atoms in total. The molecule has 1 aromatic heterocycles. The van der Waals surface area contributed by atoms with Gasteiger partial charge in [0.1, 0.15) is 18.4 Å². The average molecular weight is 238 g/mol. The summed E-state index contributed by atoms with van der Waals surface area (Å²) in [7, 11) is 0. The van der Waals surface area contributed by atoms with Crippen molar-refractivity contribution in [1.29, 1.82) is 0 Å². The Morgan fingerprint density at radius 3 is 2.71 bits per heavy atom. The van der Waals surface area contributed by atoms with E-state index in [2.05, 4.69) is 5.10 Å². The molecular weight excluding hydrogens is 224 g/mol. The molecule has 1 aliphatic heterocycles. The fourth-order valence-electron chi connectivity index (χ4n) is 1.95. The largest absolute Gasteiger partial charge is 0.341 e. The first-order chi connectivity index (χ1) is 8.09. The summed E-state index contributed by atoms with van der Waals surface area (Å²) in [5.74, 6) is -0.0273. The Hall–Kier alpha value is -1.92. The van der Waals surface area contributed by atoms with Crippen LogP contribution in [0.2, 0.25) is 0 Å². The highest BCUT2D eigenvalue weighted by atomic mass is 16.6. The predicted octanol–water partition coefficient (Wildman–Crippen LogP) is 0.975. The van der Waals surface area contributed by atoms with E-state index >= 15 is 0 Å². The highest BCUT2D eigenvalue weighted by Crippen LogP contribution is 2.17. The van der Waals surface area contributed by atoms with Crippen LogP contribution in [-0.2, 0) is 4.79 Å². The van der Waals surface area contributed by atoms with E-state index in [1.54, 1.807) is 11.8 Å². The number of hydrogen-bond acceptors (Lipinski definition) is 4. The Bertz CT molecular complexity index is 437. The maximum atomic E-state index is 12.0. The molecule has 1 amide bonds. The van der Waals surface area contributed by atoms with Crippen LogP contribution in [-0.4, -0.2) is 38.6 Å². The third-order valence-corrected chi connectivity index (χ3v) is 2.97. The minimum Gasteiger partial charge on any atom is -0.341 e. The normalized spacial score (nSPS) is 17.1. The zero-order valence-corrected chi connectivity index (χ0v) is 9.57. The molecule has 1 saturated heterocycles. The summed E-state index contributed by atoms with van der Waals surface area (Å²) in [4.78, 5) is 23.8. The van der Waals surface area contributed by atoms with Gasteiger partial charge in [0.05, 0.1) is 4.92 Å². The van der Waals surface area contributed by atoms with Crippen molar-refractivity contribution in [3.8, 4) is 0 Å². The van der Waals surface area contributed by atoms with Gasteiger partial charge in [-0.3, -0.25) is 19.6 Å². The van der Waals surface area contributed by atoms with Crippen LogP contribution in [0.1, 0.15) is 25.8 Å². The Morgan fingerprint density at radius 2 is 2.18 bits per heavy atom. The van der Waals surface area contributed by atoms with E-state index in [1.165, 1.54) is 10.9 Å². The van der Waals surface area contributed by atoms with Crippen molar-refractivity contribution in [2.75, 3.05) is 13.1 Å². The topological polar surface area (TPSA) is 81.3 Å². The van der Waals surface area contributed by atoms with E-state index in [-0.39, 0.29) is 11.6 Å². The average Bonchev–Trinajstić information content (AvgIpc) is 2.97. The van der Waals surface area contributed by atoms with E-state index in [0.717, 1.165) is 32.1 Å². The lowest BCUT2D eigenvalue weighted by Gasteiger charge is -2.20. The molecule has 17 heavy (non-hydrogen) atoms. The van der Waals surface area contributed by atoms with Gasteiger partial charge in [0.15, 0.2) is 0 Å². The molecule has 2 heterocycles. The van der Waals surface area contributed by atoms with E-state index in [4.69, 9.17) is 0 Å². The van der Waals surface area contributed by atoms with Crippen LogP contribution in [0.15, 0.2) is 12.4 Å². The van der Waals surface area contributed by atoms with Crippen LogP contribution in [0.4, 0.5) is 5.69 Å². The van der Waals surface area contributed by atoms with Crippen LogP contribution < -0.4 is 0 Å². The van der Waals surface area contributed by atoms with Gasteiger partial charge in [-0.05, 0) is 19.8 Å². The summed E-state index contributed by atoms with van der Waals surface area (Å²) in [5, 5.41) is 14.4. The monoisotopic (exact) mass is 238 g/mol. The first kappa shape index (κ1) is 11.6. The van der Waals surface area contributed by atoms with Gasteiger partial charge >= 0.3 is 5.69 Å². The van der Waals surface area contributed by atoms with Crippen molar-refractivity contribution in [2.45, 2.75) is 25.8 Å². The number of nitro groups is 1. The van der Waals surface area contributed by atoms with Gasteiger partial charge in [0.25, 0.3) is 0 Å². The summed E-state index contributed by atoms with van der Waals surface area (Å²) in [6.45, 7) is 3.25. The lowest BCUT2D eigenvalue weighted by molar-refractivity contribution is -0.385. The number of carbonyl (C=O) groups excluding carboxylic acids is 1. The first-order valence-corrected chi connectivity index (χ1v) is 5.57. The molecule has 2 rings (SSSR count). The standard InChI is InChI=1S/C10H14N4O3/c1-8(10(15)12-4-2-3-5-12)13-7-9(6-11-13)14(16)17/h6-8H,2-5H2,1H3. The fourth-order valence-corrected chi connectivity index (χ4v) is 1.95. The molecular formula is C10H14N4O3. The number of amides is 1. The molecule has 1 aromatic rings. The van der Waals surface area contributed by atoms with Gasteiger partial charge < -0.3 is 4.90 Å². The molecule has 1 atom stereocenters. The number of carbonyl (C=O) groups is 1. The maximum Gasteiger partial charge on any atom is 0.307 e. The number of rotatable bonds is 3. The molecule has 1 fully saturated rings. The molecule has 0 saturated carbocycles. The number of aromatic nitrogens is 2. The van der Waals surface area contributed by atoms with Crippen molar-refractivity contribution in [3.05, 3.63) is 22.5 Å². The minimum atomic E-state index is -0.517. The summed E-state index contributed by atoms with van der Waals surface area (Å²) in [5.41, 5.74) is -0.0916. The van der Waals surface area contributed by atoms with Gasteiger partial charge in [-0.1, -0.05) is 0 Å². The van der Waals surface area contributed by atoms with Gasteiger partial charge in [-0.15, -0.1) is 0 Å². The van der Waals surface area contributed by atoms with Crippen molar-refractivity contribution in [1.82, 2.24) is 14.7 Å². The van der Waals surface area contributed by atoms with E-state index in [0.29, 0.717) is 0 Å². The Kier molecular flexibility index (Phi) is 3.08. The Labute approximate surface area is 98.2 Å². The van der Waals surface area contributed by atoms with Crippen LogP contribution in [0.3, 0.4) is 0 Å². The van der Waals surface area contributed by atoms with Crippen molar-refractivity contribution in [3.63, 3.8) is 0 Å². The lowest BCUT2D eigenvalue weighted by Crippen LogP contribution is -2.34. The second-order valence-electron chi connectivity index (χ2n) is 4.14. The number of nitrogens with zero attached hydrogens (tertiary/aromatic N) is 4. The maximum absolute atomic E-state index is 12.0. The lowest BCUT2D eigenvalue weighted by atomic mass is 10.3. The van der Waals surface area contributed by atoms with Gasteiger partial charge in [0, 0.05) is 13.1 Å². The summed E-state index contributed by atoms with van der Waals surface area (Å²) in [6, 6.07) is -0.484. The van der Waals surface area contributed by atoms with Gasteiger partial charge in [0.2, 0.25) is 5.91 Å². The molecule has 0 N–H and O–H groups in total. The van der Waals surface area contributed by atoms with E-state index in [9.17, 15) is 14.9 Å². The minimum absolute atomic E-state index is 0.0273. The molecule has 1 aliphatic rings. The van der Waals surface area contributed by atoms with Gasteiger partial charge in [-0.2, -0.15) is 5.10 Å². The number of likely N-dealkylation sites (tertiary alicyclic amines) is 1. The summed E-state index contributed by atoms with van der Waals surface area (Å²) < 4.78 is 1.35. The van der Waals surface area contributed by atoms with Gasteiger partial charge in [-0.25, -0.2) is 0 Å². The predicted molar refractivity (Wildman–Crippen MR) is 59.4 cm³/mol. The van der Waals surface area contributed by atoms with Crippen LogP contribution in [0.5, 0.6) is 0 Å². The van der Waals surface area contributed by atoms with Crippen LogP contribution in [0.25, 0.3) is 0 Å². The molecule has 1 unspecified atom stereocenters. The zero-order chi connectivity index (χ0) is 12.4. The Morgan fingerprint density at radius 1 is 1.53 bits per heavy atom. The molecule has 0 bridgehead atoms. The quantitative estimate of drug-likeness (QED) is 0.580. The smallest absolute Gasteiger partial charge is 0.307 e. The zero-order valence-electron chi connectivity index (χ0n) is 9.57. The number of hydrogen-bond donors (Lipinski definition) is 0. The van der Waals surface area contributed by atoms with E-state index < -0.39 is 11.0 Å². The highest BCUT2D eigenvalue weighted by Gasteiger charge is 2.25. The van der Waals surface area contributed by atoms with Crippen molar-refractivity contribution < 1.29 is 9.72 Å². The first-order valence-electron chi connectivity index (χ1n) is 5.57. The fraction of sp³-hybridized carbons (Fsp3) is 0.600. The highest BCUT2D eigenvalue weighted by molar-refractivity contribution is 5.80. The van der Waals surface area contributed by atoms with Crippen LogP contribution in [0, 0.1) is 10.1 Å². The molecule has 0 aromatic carbocycles. The second-order valence-corrected chi connectivity index (χ2v) is 4.14. The third-order valence-electron chi connectivity index (χ3n) is 2.97. The molecule has 0 aliphatic carbocycles. The summed E-state index contributed by atoms with van der Waals surface area (Å²) >= 11 is 0. The SMILES string of the molecule is CC(C(=O)N1CCCC1)n1cc([N+](=O)[O-])cn1. The van der Waals surface area contributed by atoms with Crippen molar-refractivity contribution in [2.24, 2.45) is 0 Å². The van der Waals surface area contributed by atoms with E-state index in [1.807, 2.05) is 0 Å². The molecule has 7 heteroatoms. The molecule has 0 spiro atoms. The second kappa shape index (κ2) is 4.52. The third kappa shape index (κ3) is 2.27. The van der Waals surface area contributed by atoms with Crippen LogP contribution >= 0.6 is 0 Å². The Balaban J connectivity index is 2.09. The molecule has 92 valence electrons. The van der Waals surface area contributed by atoms with Crippen molar-refractivity contribution >= 4 is 11.6 Å². The molecule has 0 radical (unpaired) electrons. The summed E-state index contributed by atoms with van der Waals surface area (Å²) in [6.07, 6.45) is 4.50.